The van der Waals surface area contributed by atoms with E-state index in [4.69, 9.17) is 4.42 Å². The van der Waals surface area contributed by atoms with E-state index in [2.05, 4.69) is 29.4 Å². The summed E-state index contributed by atoms with van der Waals surface area (Å²) in [6.45, 7) is 17.5. The Morgan fingerprint density at radius 2 is 1.70 bits per heavy atom. The largest absolute Gasteiger partial charge is 0.467 e. The molecule has 2 N–H and O–H groups in total. The Morgan fingerprint density at radius 1 is 1.02 bits per heavy atom. The van der Waals surface area contributed by atoms with Crippen LogP contribution in [0.5, 0.6) is 0 Å². The highest BCUT2D eigenvalue weighted by Crippen LogP contribution is 2.27. The minimum atomic E-state index is -0.734. The van der Waals surface area contributed by atoms with E-state index in [1.54, 1.807) is 42.2 Å². The van der Waals surface area contributed by atoms with E-state index in [9.17, 15) is 19.2 Å². The number of hydrogen-bond acceptors (Lipinski definition) is 6. The summed E-state index contributed by atoms with van der Waals surface area (Å²) in [5.74, 6) is -0.0514. The summed E-state index contributed by atoms with van der Waals surface area (Å²) < 4.78 is 5.31. The number of carbonyl (C=O) groups is 4. The third-order valence-electron chi connectivity index (χ3n) is 8.98. The van der Waals surface area contributed by atoms with Crippen LogP contribution in [-0.2, 0) is 25.7 Å². The van der Waals surface area contributed by atoms with Crippen molar-refractivity contribution in [3.8, 4) is 0 Å². The number of nitrogens with one attached hydrogen (secondary N) is 2. The Balaban J connectivity index is 1.75. The number of likely N-dealkylation sites (N-methyl/N-ethyl adjacent to an activating group) is 1. The molecule has 2 fully saturated rings. The molecule has 0 radical (unpaired) electrons. The van der Waals surface area contributed by atoms with Crippen molar-refractivity contribution in [2.75, 3.05) is 20.1 Å². The molecule has 3 rings (SSSR count). The lowest BCUT2D eigenvalue weighted by Crippen LogP contribution is -2.60. The highest BCUT2D eigenvalue weighted by atomic mass is 16.3. The van der Waals surface area contributed by atoms with Crippen molar-refractivity contribution in [1.29, 1.82) is 0 Å². The van der Waals surface area contributed by atoms with Crippen LogP contribution in [0, 0.1) is 11.3 Å². The van der Waals surface area contributed by atoms with E-state index < -0.39 is 17.5 Å². The van der Waals surface area contributed by atoms with Crippen LogP contribution in [0.4, 0.5) is 0 Å². The zero-order valence-corrected chi connectivity index (χ0v) is 28.3. The van der Waals surface area contributed by atoms with Gasteiger partial charge >= 0.3 is 0 Å². The summed E-state index contributed by atoms with van der Waals surface area (Å²) in [4.78, 5) is 59.8. The Morgan fingerprint density at radius 3 is 2.30 bits per heavy atom. The van der Waals surface area contributed by atoms with Crippen LogP contribution in [0.15, 0.2) is 34.5 Å². The summed E-state index contributed by atoms with van der Waals surface area (Å²) >= 11 is 0. The van der Waals surface area contributed by atoms with Crippen LogP contribution < -0.4 is 10.6 Å². The van der Waals surface area contributed by atoms with E-state index in [1.807, 2.05) is 40.7 Å². The molecule has 0 unspecified atom stereocenters. The van der Waals surface area contributed by atoms with Gasteiger partial charge in [0.15, 0.2) is 0 Å². The van der Waals surface area contributed by atoms with Gasteiger partial charge in [-0.2, -0.15) is 0 Å². The SMILES string of the molecule is C/C(=C\[C@H](C(C)C)N(C)C(=O)[C@@H](NC(=O)[C@H]1CCCCN1C(C)C)C(C)(C)C)C(=O)N1CCC[C@H]1C(=O)NCc1ccco1. The van der Waals surface area contributed by atoms with Gasteiger partial charge in [0.1, 0.15) is 17.8 Å². The molecule has 1 aromatic rings. The number of amides is 4. The Hall–Kier alpha value is -3.14. The van der Waals surface area contributed by atoms with Crippen molar-refractivity contribution in [2.24, 2.45) is 11.3 Å². The minimum absolute atomic E-state index is 0.00349. The van der Waals surface area contributed by atoms with Gasteiger partial charge in [-0.05, 0) is 76.5 Å². The fourth-order valence-corrected chi connectivity index (χ4v) is 6.38. The molecule has 2 aliphatic heterocycles. The molecule has 0 spiro atoms. The van der Waals surface area contributed by atoms with E-state index >= 15 is 0 Å². The molecule has 4 atom stereocenters. The van der Waals surface area contributed by atoms with Crippen molar-refractivity contribution in [3.05, 3.63) is 35.8 Å². The van der Waals surface area contributed by atoms with Gasteiger partial charge < -0.3 is 24.9 Å². The number of piperidine rings is 1. The summed E-state index contributed by atoms with van der Waals surface area (Å²) in [7, 11) is 1.74. The quantitative estimate of drug-likeness (QED) is 0.363. The molecule has 2 saturated heterocycles. The topological polar surface area (TPSA) is 115 Å². The van der Waals surface area contributed by atoms with Crippen molar-refractivity contribution in [2.45, 2.75) is 124 Å². The Kier molecular flexibility index (Phi) is 12.2. The van der Waals surface area contributed by atoms with Crippen LogP contribution in [0.3, 0.4) is 0 Å². The lowest BCUT2D eigenvalue weighted by atomic mass is 9.84. The van der Waals surface area contributed by atoms with Crippen LogP contribution in [-0.4, -0.2) is 88.7 Å². The molecule has 3 heterocycles. The van der Waals surface area contributed by atoms with Crippen LogP contribution >= 0.6 is 0 Å². The molecule has 0 saturated carbocycles. The van der Waals surface area contributed by atoms with E-state index in [0.29, 0.717) is 24.3 Å². The maximum atomic E-state index is 14.1. The summed E-state index contributed by atoms with van der Waals surface area (Å²) in [6.07, 6.45) is 7.57. The van der Waals surface area contributed by atoms with Gasteiger partial charge in [0.05, 0.1) is 24.9 Å². The van der Waals surface area contributed by atoms with Crippen molar-refractivity contribution < 1.29 is 23.6 Å². The molecule has 10 nitrogen and oxygen atoms in total. The van der Waals surface area contributed by atoms with Gasteiger partial charge in [-0.25, -0.2) is 0 Å². The number of hydrogen-bond donors (Lipinski definition) is 2. The lowest BCUT2D eigenvalue weighted by Gasteiger charge is -2.41. The first-order valence-electron chi connectivity index (χ1n) is 16.3. The maximum Gasteiger partial charge on any atom is 0.249 e. The average molecular weight is 614 g/mol. The van der Waals surface area contributed by atoms with E-state index in [0.717, 1.165) is 32.2 Å². The molecule has 10 heteroatoms. The third-order valence-corrected chi connectivity index (χ3v) is 8.98. The molecule has 0 bridgehead atoms. The fourth-order valence-electron chi connectivity index (χ4n) is 6.38. The normalized spacial score (nSPS) is 21.3. The number of nitrogens with zero attached hydrogens (tertiary/aromatic N) is 3. The predicted molar refractivity (Wildman–Crippen MR) is 171 cm³/mol. The molecule has 0 aliphatic carbocycles. The number of likely N-dealkylation sites (tertiary alicyclic amines) is 2. The minimum Gasteiger partial charge on any atom is -0.467 e. The third kappa shape index (κ3) is 8.73. The molecule has 44 heavy (non-hydrogen) atoms. The second-order valence-corrected chi connectivity index (χ2v) is 14.1. The van der Waals surface area contributed by atoms with E-state index in [-0.39, 0.29) is 54.2 Å². The van der Waals surface area contributed by atoms with Gasteiger partial charge in [-0.15, -0.1) is 0 Å². The fraction of sp³-hybridized carbons (Fsp3) is 0.706. The summed E-state index contributed by atoms with van der Waals surface area (Å²) in [5, 5.41) is 6.01. The maximum absolute atomic E-state index is 14.1. The standard InChI is InChI=1S/C34H55N5O5/c1-22(2)28(20-24(5)32(42)39-18-12-16-26(39)30(40)35-21-25-14-13-19-44-25)37(9)33(43)29(34(6,7)8)36-31(41)27-15-10-11-17-38(27)23(3)4/h13-14,19-20,22-23,26-29H,10-12,15-18,21H2,1-9H3,(H,35,40)(H,36,41)/b24-20+/t26-,27+,28+,29+/m0/s1. The van der Waals surface area contributed by atoms with Gasteiger partial charge in [-0.3, -0.25) is 24.1 Å². The molecular weight excluding hydrogens is 558 g/mol. The molecule has 0 aromatic carbocycles. The molecule has 1 aromatic heterocycles. The van der Waals surface area contributed by atoms with Crippen LogP contribution in [0.1, 0.15) is 93.3 Å². The second kappa shape index (κ2) is 15.2. The Labute approximate surface area is 263 Å². The van der Waals surface area contributed by atoms with Crippen LogP contribution in [0.2, 0.25) is 0 Å². The Bertz CT molecular complexity index is 1170. The molecule has 2 aliphatic rings. The van der Waals surface area contributed by atoms with Gasteiger partial charge in [-0.1, -0.05) is 47.1 Å². The second-order valence-electron chi connectivity index (χ2n) is 14.1. The van der Waals surface area contributed by atoms with Crippen molar-refractivity contribution in [1.82, 2.24) is 25.3 Å². The monoisotopic (exact) mass is 613 g/mol. The first kappa shape index (κ1) is 35.3. The zero-order chi connectivity index (χ0) is 32.8. The number of rotatable bonds is 11. The van der Waals surface area contributed by atoms with Gasteiger partial charge in [0, 0.05) is 25.2 Å². The molecular formula is C34H55N5O5. The summed E-state index contributed by atoms with van der Waals surface area (Å²) in [6, 6.07) is 1.88. The van der Waals surface area contributed by atoms with Crippen molar-refractivity contribution in [3.63, 3.8) is 0 Å². The van der Waals surface area contributed by atoms with Crippen molar-refractivity contribution >= 4 is 23.6 Å². The lowest BCUT2D eigenvalue weighted by molar-refractivity contribution is -0.142. The highest BCUT2D eigenvalue weighted by molar-refractivity contribution is 5.97. The number of carbonyl (C=O) groups excluding carboxylic acids is 4. The molecule has 246 valence electrons. The predicted octanol–water partition coefficient (Wildman–Crippen LogP) is 4.11. The smallest absolute Gasteiger partial charge is 0.249 e. The highest BCUT2D eigenvalue weighted by Gasteiger charge is 2.40. The number of furan rings is 1. The van der Waals surface area contributed by atoms with Gasteiger partial charge in [0.25, 0.3) is 0 Å². The molecule has 4 amide bonds. The first-order valence-corrected chi connectivity index (χ1v) is 16.3. The van der Waals surface area contributed by atoms with Crippen LogP contribution in [0.25, 0.3) is 0 Å². The van der Waals surface area contributed by atoms with Gasteiger partial charge in [0.2, 0.25) is 23.6 Å². The first-order chi connectivity index (χ1) is 20.6. The summed E-state index contributed by atoms with van der Waals surface area (Å²) in [5.41, 5.74) is -0.0413. The average Bonchev–Trinajstić information content (AvgIpc) is 3.68. The zero-order valence-electron chi connectivity index (χ0n) is 28.3. The van der Waals surface area contributed by atoms with E-state index in [1.165, 1.54) is 0 Å².